The molecule has 0 bridgehead atoms. The first-order valence-electron chi connectivity index (χ1n) is 9.86. The van der Waals surface area contributed by atoms with Crippen molar-refractivity contribution in [3.63, 3.8) is 0 Å². The van der Waals surface area contributed by atoms with Crippen molar-refractivity contribution < 1.29 is 13.2 Å². The Morgan fingerprint density at radius 3 is 2.28 bits per heavy atom. The highest BCUT2D eigenvalue weighted by atomic mass is 32.2. The summed E-state index contributed by atoms with van der Waals surface area (Å²) in [5, 5.41) is 0. The van der Waals surface area contributed by atoms with Crippen molar-refractivity contribution in [1.29, 1.82) is 0 Å². The molecule has 0 N–H and O–H groups in total. The van der Waals surface area contributed by atoms with Crippen LogP contribution < -0.4 is 5.56 Å². The fourth-order valence-corrected chi connectivity index (χ4v) is 4.79. The molecular formula is C21H27N3O4S. The highest BCUT2D eigenvalue weighted by Gasteiger charge is 2.30. The molecule has 156 valence electrons. The first-order valence-corrected chi connectivity index (χ1v) is 11.3. The quantitative estimate of drug-likeness (QED) is 0.719. The van der Waals surface area contributed by atoms with Gasteiger partial charge in [0, 0.05) is 38.4 Å². The lowest BCUT2D eigenvalue weighted by atomic mass is 9.99. The van der Waals surface area contributed by atoms with Crippen LogP contribution in [0.5, 0.6) is 0 Å². The number of sulfonamides is 1. The van der Waals surface area contributed by atoms with E-state index in [1.54, 1.807) is 35.4 Å². The van der Waals surface area contributed by atoms with Gasteiger partial charge in [-0.25, -0.2) is 8.42 Å². The molecule has 8 heteroatoms. The molecule has 3 rings (SSSR count). The summed E-state index contributed by atoms with van der Waals surface area (Å²) in [4.78, 5) is 26.1. The fraction of sp³-hybridized carbons (Fsp3) is 0.429. The second-order valence-electron chi connectivity index (χ2n) is 7.33. The minimum absolute atomic E-state index is 0.0382. The van der Waals surface area contributed by atoms with Gasteiger partial charge in [0.15, 0.2) is 0 Å². The lowest BCUT2D eigenvalue weighted by Gasteiger charge is -2.34. The van der Waals surface area contributed by atoms with E-state index in [4.69, 9.17) is 0 Å². The normalized spacial score (nSPS) is 16.6. The summed E-state index contributed by atoms with van der Waals surface area (Å²) in [5.41, 5.74) is 0.890. The predicted molar refractivity (Wildman–Crippen MR) is 111 cm³/mol. The SMILES string of the molecule is CC[C@@H](C)c1ccc(S(=O)(=O)N2CCN(C(=O)Cn3ccccc3=O)CC2)cc1. The Morgan fingerprint density at radius 2 is 1.69 bits per heavy atom. The summed E-state index contributed by atoms with van der Waals surface area (Å²) in [7, 11) is -3.59. The average molecular weight is 418 g/mol. The summed E-state index contributed by atoms with van der Waals surface area (Å²) >= 11 is 0. The fourth-order valence-electron chi connectivity index (χ4n) is 3.37. The third kappa shape index (κ3) is 4.76. The molecule has 29 heavy (non-hydrogen) atoms. The largest absolute Gasteiger partial charge is 0.339 e. The van der Waals surface area contributed by atoms with E-state index in [0.29, 0.717) is 19.0 Å². The van der Waals surface area contributed by atoms with Crippen molar-refractivity contribution in [3.8, 4) is 0 Å². The standard InChI is InChI=1S/C21H27N3O4S/c1-3-17(2)18-7-9-19(10-8-18)29(27,28)24-14-12-22(13-15-24)21(26)16-23-11-5-4-6-20(23)25/h4-11,17H,3,12-16H2,1-2H3/t17-/m1/s1. The molecule has 7 nitrogen and oxygen atoms in total. The number of carbonyl (C=O) groups is 1. The molecule has 1 fully saturated rings. The van der Waals surface area contributed by atoms with Crippen molar-refractivity contribution >= 4 is 15.9 Å². The van der Waals surface area contributed by atoms with Gasteiger partial charge in [0.1, 0.15) is 6.54 Å². The Morgan fingerprint density at radius 1 is 1.03 bits per heavy atom. The molecule has 0 aliphatic carbocycles. The molecule has 1 aromatic carbocycles. The Kier molecular flexibility index (Phi) is 6.54. The number of hydrogen-bond donors (Lipinski definition) is 0. The smallest absolute Gasteiger partial charge is 0.250 e. The van der Waals surface area contributed by atoms with Crippen molar-refractivity contribution in [2.75, 3.05) is 26.2 Å². The first-order chi connectivity index (χ1) is 13.8. The Hall–Kier alpha value is -2.45. The minimum atomic E-state index is -3.59. The average Bonchev–Trinajstić information content (AvgIpc) is 2.75. The number of aromatic nitrogens is 1. The third-order valence-corrected chi connectivity index (χ3v) is 7.41. The van der Waals surface area contributed by atoms with Crippen LogP contribution in [0.3, 0.4) is 0 Å². The van der Waals surface area contributed by atoms with Crippen molar-refractivity contribution in [3.05, 3.63) is 64.6 Å². The van der Waals surface area contributed by atoms with E-state index < -0.39 is 10.0 Å². The highest BCUT2D eigenvalue weighted by Crippen LogP contribution is 2.23. The van der Waals surface area contributed by atoms with E-state index in [-0.39, 0.29) is 36.0 Å². The number of rotatable bonds is 6. The summed E-state index contributed by atoms with van der Waals surface area (Å²) in [6.45, 7) is 5.28. The Labute approximate surface area is 171 Å². The Bertz CT molecular complexity index is 1010. The van der Waals surface area contributed by atoms with E-state index in [0.717, 1.165) is 12.0 Å². The second-order valence-corrected chi connectivity index (χ2v) is 9.27. The van der Waals surface area contributed by atoms with Crippen LogP contribution in [-0.4, -0.2) is 54.3 Å². The highest BCUT2D eigenvalue weighted by molar-refractivity contribution is 7.89. The van der Waals surface area contributed by atoms with Crippen molar-refractivity contribution in [2.45, 2.75) is 37.6 Å². The number of benzene rings is 1. The zero-order chi connectivity index (χ0) is 21.0. The monoisotopic (exact) mass is 417 g/mol. The minimum Gasteiger partial charge on any atom is -0.339 e. The molecule has 0 radical (unpaired) electrons. The van der Waals surface area contributed by atoms with E-state index in [2.05, 4.69) is 13.8 Å². The molecule has 1 saturated heterocycles. The van der Waals surface area contributed by atoms with E-state index in [9.17, 15) is 18.0 Å². The lowest BCUT2D eigenvalue weighted by Crippen LogP contribution is -2.51. The molecule has 0 spiro atoms. The van der Waals surface area contributed by atoms with Gasteiger partial charge in [0.05, 0.1) is 4.90 Å². The molecule has 1 amide bonds. The van der Waals surface area contributed by atoms with E-state index in [1.807, 2.05) is 12.1 Å². The summed E-state index contributed by atoms with van der Waals surface area (Å²) in [6.07, 6.45) is 2.57. The van der Waals surface area contributed by atoms with Crippen LogP contribution in [0, 0.1) is 0 Å². The third-order valence-electron chi connectivity index (χ3n) is 5.50. The van der Waals surface area contributed by atoms with Gasteiger partial charge in [-0.15, -0.1) is 0 Å². The van der Waals surface area contributed by atoms with Gasteiger partial charge in [-0.1, -0.05) is 32.0 Å². The molecule has 2 heterocycles. The van der Waals surface area contributed by atoms with Gasteiger partial charge >= 0.3 is 0 Å². The van der Waals surface area contributed by atoms with Gasteiger partial charge in [0.25, 0.3) is 5.56 Å². The summed E-state index contributed by atoms with van der Waals surface area (Å²) < 4.78 is 28.6. The molecule has 1 aliphatic rings. The number of nitrogens with zero attached hydrogens (tertiary/aromatic N) is 3. The van der Waals surface area contributed by atoms with Gasteiger partial charge in [0.2, 0.25) is 15.9 Å². The maximum Gasteiger partial charge on any atom is 0.250 e. The Balaban J connectivity index is 1.62. The van der Waals surface area contributed by atoms with E-state index >= 15 is 0 Å². The number of carbonyl (C=O) groups excluding carboxylic acids is 1. The summed E-state index contributed by atoms with van der Waals surface area (Å²) in [5.74, 6) is 0.201. The van der Waals surface area contributed by atoms with Crippen LogP contribution in [-0.2, 0) is 21.4 Å². The topological polar surface area (TPSA) is 79.7 Å². The van der Waals surface area contributed by atoms with Crippen molar-refractivity contribution in [1.82, 2.24) is 13.8 Å². The lowest BCUT2D eigenvalue weighted by molar-refractivity contribution is -0.133. The second kappa shape index (κ2) is 8.92. The van der Waals surface area contributed by atoms with Crippen LogP contribution in [0.4, 0.5) is 0 Å². The number of pyridine rings is 1. The van der Waals surface area contributed by atoms with Crippen LogP contribution >= 0.6 is 0 Å². The van der Waals surface area contributed by atoms with Gasteiger partial charge < -0.3 is 9.47 Å². The zero-order valence-corrected chi connectivity index (χ0v) is 17.6. The molecule has 0 saturated carbocycles. The first kappa shape index (κ1) is 21.3. The predicted octanol–water partition coefficient (Wildman–Crippen LogP) is 1.89. The molecule has 1 aliphatic heterocycles. The molecular weight excluding hydrogens is 390 g/mol. The number of amides is 1. The number of piperazine rings is 1. The van der Waals surface area contributed by atoms with Gasteiger partial charge in [-0.2, -0.15) is 4.31 Å². The van der Waals surface area contributed by atoms with Crippen LogP contribution in [0.2, 0.25) is 0 Å². The van der Waals surface area contributed by atoms with Crippen LogP contribution in [0.1, 0.15) is 31.7 Å². The van der Waals surface area contributed by atoms with Crippen LogP contribution in [0.25, 0.3) is 0 Å². The maximum atomic E-state index is 12.9. The molecule has 1 aromatic heterocycles. The molecule has 1 atom stereocenters. The van der Waals surface area contributed by atoms with Gasteiger partial charge in [-0.05, 0) is 36.1 Å². The molecule has 0 unspecified atom stereocenters. The van der Waals surface area contributed by atoms with Gasteiger partial charge in [-0.3, -0.25) is 9.59 Å². The zero-order valence-electron chi connectivity index (χ0n) is 16.8. The number of hydrogen-bond acceptors (Lipinski definition) is 4. The summed E-state index contributed by atoms with van der Waals surface area (Å²) in [6, 6.07) is 11.8. The van der Waals surface area contributed by atoms with E-state index in [1.165, 1.54) is 14.9 Å². The van der Waals surface area contributed by atoms with Crippen LogP contribution in [0.15, 0.2) is 58.4 Å². The maximum absolute atomic E-state index is 12.9. The molecule has 2 aromatic rings. The van der Waals surface area contributed by atoms with Crippen molar-refractivity contribution in [2.24, 2.45) is 0 Å².